The normalized spacial score (nSPS) is 48.0. The summed E-state index contributed by atoms with van der Waals surface area (Å²) in [6, 6.07) is 0. The summed E-state index contributed by atoms with van der Waals surface area (Å²) in [5.41, 5.74) is 3.01. The largest absolute Gasteiger partial charge is 0.411 e. The monoisotopic (exact) mass is 668 g/mol. The Morgan fingerprint density at radius 2 is 1.12 bits per heavy atom. The van der Waals surface area contributed by atoms with Gasteiger partial charge in [0, 0.05) is 10.8 Å². The minimum atomic E-state index is -0.892. The van der Waals surface area contributed by atoms with E-state index >= 15 is 0 Å². The molecule has 0 spiro atoms. The minimum Gasteiger partial charge on any atom is -0.411 e. The van der Waals surface area contributed by atoms with Crippen LogP contribution in [-0.2, 0) is 0 Å². The van der Waals surface area contributed by atoms with Gasteiger partial charge in [0.25, 0.3) is 0 Å². The SMILES string of the molecule is C#C[C@]1(O)CC[C@H]2[C@@H]3CCC4=C/C(=N/O)CC[C@@H]4[C@H]3CC[C@@]21CC.CC#C[C@]1(O)CC[C@H]2[C@@H]3CCC4=C/C(=N\O)CC[C@@H]4[C@H]3CC[C@@]21CC. The highest BCUT2D eigenvalue weighted by Crippen LogP contribution is 2.67. The van der Waals surface area contributed by atoms with Gasteiger partial charge in [0.2, 0.25) is 0 Å². The molecule has 6 fully saturated rings. The van der Waals surface area contributed by atoms with Crippen molar-refractivity contribution in [3.8, 4) is 24.2 Å². The van der Waals surface area contributed by atoms with Crippen LogP contribution in [0.4, 0.5) is 0 Å². The van der Waals surface area contributed by atoms with E-state index < -0.39 is 11.2 Å². The first-order valence-electron chi connectivity index (χ1n) is 19.9. The average Bonchev–Trinajstić information content (AvgIpc) is 3.62. The molecule has 6 heteroatoms. The van der Waals surface area contributed by atoms with Gasteiger partial charge in [0.1, 0.15) is 11.2 Å². The zero-order valence-electron chi connectivity index (χ0n) is 30.3. The first-order chi connectivity index (χ1) is 23.7. The number of allylic oxidation sites excluding steroid dienone is 4. The molecular weight excluding hydrogens is 608 g/mol. The van der Waals surface area contributed by atoms with Gasteiger partial charge < -0.3 is 20.6 Å². The molecule has 8 aliphatic rings. The van der Waals surface area contributed by atoms with Crippen molar-refractivity contribution in [2.24, 2.45) is 68.5 Å². The summed E-state index contributed by atoms with van der Waals surface area (Å²) in [4.78, 5) is 0. The van der Waals surface area contributed by atoms with E-state index in [1.807, 2.05) is 6.92 Å². The number of hydrogen-bond acceptors (Lipinski definition) is 6. The van der Waals surface area contributed by atoms with E-state index in [2.05, 4.69) is 54.1 Å². The molecule has 6 saturated carbocycles. The summed E-state index contributed by atoms with van der Waals surface area (Å²) in [6.45, 7) is 6.35. The second-order valence-corrected chi connectivity index (χ2v) is 17.3. The van der Waals surface area contributed by atoms with Crippen LogP contribution in [0.2, 0.25) is 0 Å². The molecule has 12 atom stereocenters. The van der Waals surface area contributed by atoms with Crippen LogP contribution >= 0.6 is 0 Å². The lowest BCUT2D eigenvalue weighted by molar-refractivity contribution is -0.0990. The van der Waals surface area contributed by atoms with Crippen LogP contribution in [0.3, 0.4) is 0 Å². The molecule has 8 rings (SSSR count). The molecule has 0 saturated heterocycles. The zero-order valence-corrected chi connectivity index (χ0v) is 30.3. The fourth-order valence-corrected chi connectivity index (χ4v) is 14.3. The molecule has 4 N–H and O–H groups in total. The maximum atomic E-state index is 11.4. The van der Waals surface area contributed by atoms with Crippen molar-refractivity contribution in [3.63, 3.8) is 0 Å². The minimum absolute atomic E-state index is 0.00474. The fraction of sp³-hybridized carbons (Fsp3) is 0.767. The van der Waals surface area contributed by atoms with E-state index in [1.54, 1.807) is 0 Å². The maximum Gasteiger partial charge on any atom is 0.131 e. The molecule has 0 radical (unpaired) electrons. The number of nitrogens with zero attached hydrogens (tertiary/aromatic N) is 2. The van der Waals surface area contributed by atoms with Crippen molar-refractivity contribution in [2.45, 2.75) is 148 Å². The second-order valence-electron chi connectivity index (χ2n) is 17.3. The second kappa shape index (κ2) is 13.2. The van der Waals surface area contributed by atoms with Gasteiger partial charge in [-0.3, -0.25) is 0 Å². The van der Waals surface area contributed by atoms with Crippen molar-refractivity contribution in [1.82, 2.24) is 0 Å². The van der Waals surface area contributed by atoms with Gasteiger partial charge in [-0.2, -0.15) is 0 Å². The molecule has 266 valence electrons. The topological polar surface area (TPSA) is 106 Å². The Morgan fingerprint density at radius 1 is 0.653 bits per heavy atom. The highest BCUT2D eigenvalue weighted by molar-refractivity contribution is 5.96. The quantitative estimate of drug-likeness (QED) is 0.134. The van der Waals surface area contributed by atoms with Crippen LogP contribution in [0.1, 0.15) is 136 Å². The molecular formula is C43H60N2O4. The van der Waals surface area contributed by atoms with Gasteiger partial charge in [-0.25, -0.2) is 0 Å². The Kier molecular flexibility index (Phi) is 9.41. The average molecular weight is 669 g/mol. The third-order valence-corrected chi connectivity index (χ3v) is 16.4. The molecule has 0 heterocycles. The number of hydrogen-bond donors (Lipinski definition) is 4. The number of oxime groups is 2. The smallest absolute Gasteiger partial charge is 0.131 e. The molecule has 8 aliphatic carbocycles. The van der Waals surface area contributed by atoms with Crippen molar-refractivity contribution in [3.05, 3.63) is 23.3 Å². The molecule has 0 aromatic carbocycles. The third kappa shape index (κ3) is 5.20. The molecule has 0 unspecified atom stereocenters. The van der Waals surface area contributed by atoms with Gasteiger partial charge in [-0.1, -0.05) is 47.1 Å². The number of aliphatic hydroxyl groups is 2. The Labute approximate surface area is 295 Å². The van der Waals surface area contributed by atoms with E-state index in [-0.39, 0.29) is 10.8 Å². The maximum absolute atomic E-state index is 11.4. The van der Waals surface area contributed by atoms with E-state index in [0.717, 1.165) is 119 Å². The lowest BCUT2D eigenvalue weighted by Crippen LogP contribution is -2.53. The predicted octanol–water partition coefficient (Wildman–Crippen LogP) is 8.68. The van der Waals surface area contributed by atoms with Crippen molar-refractivity contribution < 1.29 is 20.6 Å². The summed E-state index contributed by atoms with van der Waals surface area (Å²) >= 11 is 0. The van der Waals surface area contributed by atoms with Crippen molar-refractivity contribution in [2.75, 3.05) is 0 Å². The van der Waals surface area contributed by atoms with Crippen LogP contribution in [0.5, 0.6) is 0 Å². The van der Waals surface area contributed by atoms with Gasteiger partial charge >= 0.3 is 0 Å². The highest BCUT2D eigenvalue weighted by Gasteiger charge is 2.64. The lowest BCUT2D eigenvalue weighted by atomic mass is 9.49. The van der Waals surface area contributed by atoms with Crippen LogP contribution in [0.15, 0.2) is 33.6 Å². The molecule has 0 aromatic rings. The molecule has 0 amide bonds. The van der Waals surface area contributed by atoms with E-state index in [1.165, 1.54) is 36.8 Å². The van der Waals surface area contributed by atoms with E-state index in [4.69, 9.17) is 16.8 Å². The molecule has 0 bridgehead atoms. The van der Waals surface area contributed by atoms with E-state index in [0.29, 0.717) is 29.6 Å². The van der Waals surface area contributed by atoms with Crippen molar-refractivity contribution >= 4 is 11.4 Å². The standard InChI is InChI=1S/C22H31NO2.C21H29NO2/c1-3-11-22(24)13-10-20-19-7-5-15-14-16(23-25)6-8-17(15)18(19)9-12-21(20,22)4-2;1-3-20-11-9-17-16-8-6-15(22-24)13-14(16)5-7-18(17)19(20)10-12-21(20,23)4-2/h14,17-20,24-25H,4-10,12-13H2,1-2H3;2,13,16-19,23-24H,3,5-12H2,1H3/b23-16-;22-15+/t17-,18+,19+,20-,21-,22-;16-,17+,18+,19-,20-,21-/m00/s1. The summed E-state index contributed by atoms with van der Waals surface area (Å²) < 4.78 is 0. The van der Waals surface area contributed by atoms with Crippen LogP contribution < -0.4 is 0 Å². The van der Waals surface area contributed by atoms with Crippen molar-refractivity contribution in [1.29, 1.82) is 0 Å². The summed E-state index contributed by atoms with van der Waals surface area (Å²) in [7, 11) is 0. The first kappa shape index (κ1) is 34.9. The molecule has 49 heavy (non-hydrogen) atoms. The Hall–Kier alpha value is -2.54. The van der Waals surface area contributed by atoms with Crippen LogP contribution in [-0.4, -0.2) is 43.3 Å². The van der Waals surface area contributed by atoms with Gasteiger partial charge in [-0.05, 0) is 182 Å². The summed E-state index contributed by atoms with van der Waals surface area (Å²) in [5.74, 6) is 14.5. The lowest BCUT2D eigenvalue weighted by Gasteiger charge is -2.56. The molecule has 0 aliphatic heterocycles. The predicted molar refractivity (Wildman–Crippen MR) is 194 cm³/mol. The fourth-order valence-electron chi connectivity index (χ4n) is 14.3. The molecule has 0 aromatic heterocycles. The third-order valence-electron chi connectivity index (χ3n) is 16.4. The van der Waals surface area contributed by atoms with Gasteiger partial charge in [-0.15, -0.1) is 12.3 Å². The van der Waals surface area contributed by atoms with Gasteiger partial charge in [0.05, 0.1) is 11.4 Å². The molecule has 6 nitrogen and oxygen atoms in total. The summed E-state index contributed by atoms with van der Waals surface area (Å²) in [5, 5.41) is 47.6. The number of rotatable bonds is 2. The number of fused-ring (bicyclic) bond motifs is 10. The van der Waals surface area contributed by atoms with Gasteiger partial charge in [0.15, 0.2) is 0 Å². The van der Waals surface area contributed by atoms with Crippen LogP contribution in [0, 0.1) is 82.4 Å². The highest BCUT2D eigenvalue weighted by atomic mass is 16.4. The Bertz CT molecular complexity index is 1530. The van der Waals surface area contributed by atoms with E-state index in [9.17, 15) is 10.2 Å². The summed E-state index contributed by atoms with van der Waals surface area (Å²) in [6.07, 6.45) is 29.3. The Balaban J connectivity index is 0.000000154. The first-order valence-corrected chi connectivity index (χ1v) is 19.9. The number of terminal acetylenes is 1. The Morgan fingerprint density at radius 3 is 1.55 bits per heavy atom. The van der Waals surface area contributed by atoms with Crippen LogP contribution in [0.25, 0.3) is 0 Å². The zero-order chi connectivity index (χ0) is 34.6.